The number of methoxy groups -OCH3 is 1. The van der Waals surface area contributed by atoms with Crippen molar-refractivity contribution >= 4 is 24.7 Å². The van der Waals surface area contributed by atoms with Gasteiger partial charge in [-0.25, -0.2) is 4.79 Å². The van der Waals surface area contributed by atoms with Crippen LogP contribution in [0.1, 0.15) is 33.6 Å². The zero-order valence-electron chi connectivity index (χ0n) is 19.4. The molecule has 1 aliphatic heterocycles. The SMILES string of the molecule is C#CCC1(CO[Si](c2ccccc2)(c2ccccc2)C(C)(C)C)CO/C(=C/C(=O)OC)C1. The monoisotopic (exact) mass is 448 g/mol. The lowest BCUT2D eigenvalue weighted by atomic mass is 9.84. The molecular formula is C27H32O4Si. The molecule has 1 saturated heterocycles. The van der Waals surface area contributed by atoms with Gasteiger partial charge in [-0.15, -0.1) is 12.3 Å². The lowest BCUT2D eigenvalue weighted by molar-refractivity contribution is -0.135. The third kappa shape index (κ3) is 4.82. The highest BCUT2D eigenvalue weighted by Gasteiger charge is 2.52. The van der Waals surface area contributed by atoms with Crippen LogP contribution in [-0.2, 0) is 18.7 Å². The third-order valence-corrected chi connectivity index (χ3v) is 11.1. The number of ether oxygens (including phenoxy) is 2. The van der Waals surface area contributed by atoms with E-state index in [1.54, 1.807) is 0 Å². The minimum Gasteiger partial charge on any atom is -0.497 e. The van der Waals surface area contributed by atoms with Crippen molar-refractivity contribution in [2.45, 2.75) is 38.7 Å². The second kappa shape index (κ2) is 9.77. The Hall–Kier alpha value is -2.81. The van der Waals surface area contributed by atoms with Crippen LogP contribution < -0.4 is 10.4 Å². The molecule has 0 N–H and O–H groups in total. The Kier molecular flexibility index (Phi) is 7.28. The van der Waals surface area contributed by atoms with E-state index in [1.165, 1.54) is 23.6 Å². The summed E-state index contributed by atoms with van der Waals surface area (Å²) in [6, 6.07) is 21.0. The lowest BCUT2D eigenvalue weighted by Gasteiger charge is -2.44. The Labute approximate surface area is 192 Å². The van der Waals surface area contributed by atoms with Crippen molar-refractivity contribution in [2.75, 3.05) is 20.3 Å². The highest BCUT2D eigenvalue weighted by Crippen LogP contribution is 2.42. The minimum absolute atomic E-state index is 0.128. The lowest BCUT2D eigenvalue weighted by Crippen LogP contribution is -2.67. The normalized spacial score (nSPS) is 19.9. The summed E-state index contributed by atoms with van der Waals surface area (Å²) in [5.74, 6) is 2.97. The van der Waals surface area contributed by atoms with E-state index >= 15 is 0 Å². The first-order valence-electron chi connectivity index (χ1n) is 10.9. The van der Waals surface area contributed by atoms with Crippen LogP contribution in [-0.4, -0.2) is 34.6 Å². The van der Waals surface area contributed by atoms with Gasteiger partial charge in [0.2, 0.25) is 0 Å². The van der Waals surface area contributed by atoms with Crippen LogP contribution in [0.15, 0.2) is 72.5 Å². The standard InChI is InChI=1S/C27H32O4Si/c1-6-17-27(19-22(30-20-27)18-25(28)29-5)21-31-32(26(2,3)4,23-13-9-7-10-14-23)24-15-11-8-12-16-24/h1,7-16,18H,17,19-21H2,2-5H3/b22-18+. The number of carbonyl (C=O) groups excluding carboxylic acids is 1. The molecule has 5 heteroatoms. The highest BCUT2D eigenvalue weighted by molar-refractivity contribution is 6.99. The molecule has 1 heterocycles. The number of allylic oxidation sites excluding steroid dienone is 1. The molecule has 0 amide bonds. The van der Waals surface area contributed by atoms with Crippen LogP contribution in [0.2, 0.25) is 5.04 Å². The number of benzene rings is 2. The van der Waals surface area contributed by atoms with Crippen LogP contribution in [0.25, 0.3) is 0 Å². The van der Waals surface area contributed by atoms with E-state index < -0.39 is 14.3 Å². The van der Waals surface area contributed by atoms with Crippen molar-refractivity contribution in [2.24, 2.45) is 5.41 Å². The van der Waals surface area contributed by atoms with Gasteiger partial charge in [-0.2, -0.15) is 0 Å². The fourth-order valence-electron chi connectivity index (χ4n) is 4.50. The van der Waals surface area contributed by atoms with Crippen LogP contribution in [0, 0.1) is 17.8 Å². The summed E-state index contributed by atoms with van der Waals surface area (Å²) in [6.07, 6.45) is 8.21. The first-order valence-corrected chi connectivity index (χ1v) is 12.8. The van der Waals surface area contributed by atoms with Gasteiger partial charge < -0.3 is 13.9 Å². The third-order valence-electron chi connectivity index (χ3n) is 6.08. The number of carbonyl (C=O) groups is 1. The van der Waals surface area contributed by atoms with Gasteiger partial charge in [0.05, 0.1) is 19.8 Å². The second-order valence-electron chi connectivity index (χ2n) is 9.43. The first kappa shape index (κ1) is 23.8. The summed E-state index contributed by atoms with van der Waals surface area (Å²) in [7, 11) is -1.33. The van der Waals surface area contributed by atoms with Crippen molar-refractivity contribution in [1.82, 2.24) is 0 Å². The molecule has 0 radical (unpaired) electrons. The fourth-order valence-corrected chi connectivity index (χ4v) is 9.18. The van der Waals surface area contributed by atoms with E-state index in [2.05, 4.69) is 75.2 Å². The Morgan fingerprint density at radius 3 is 2.16 bits per heavy atom. The second-order valence-corrected chi connectivity index (χ2v) is 13.7. The largest absolute Gasteiger partial charge is 0.497 e. The summed E-state index contributed by atoms with van der Waals surface area (Å²) in [5.41, 5.74) is -0.387. The van der Waals surface area contributed by atoms with Crippen LogP contribution >= 0.6 is 0 Å². The zero-order chi connectivity index (χ0) is 23.2. The predicted molar refractivity (Wildman–Crippen MR) is 130 cm³/mol. The van der Waals surface area contributed by atoms with Crippen LogP contribution in [0.5, 0.6) is 0 Å². The van der Waals surface area contributed by atoms with E-state index in [4.69, 9.17) is 20.3 Å². The van der Waals surface area contributed by atoms with Gasteiger partial charge in [0.25, 0.3) is 8.32 Å². The van der Waals surface area contributed by atoms with E-state index in [-0.39, 0.29) is 10.5 Å². The topological polar surface area (TPSA) is 44.8 Å². The van der Waals surface area contributed by atoms with E-state index in [9.17, 15) is 4.79 Å². The number of hydrogen-bond acceptors (Lipinski definition) is 4. The number of rotatable bonds is 7. The van der Waals surface area contributed by atoms with E-state index in [1.807, 2.05) is 12.1 Å². The van der Waals surface area contributed by atoms with Gasteiger partial charge >= 0.3 is 5.97 Å². The van der Waals surface area contributed by atoms with Crippen LogP contribution in [0.3, 0.4) is 0 Å². The maximum atomic E-state index is 11.7. The highest BCUT2D eigenvalue weighted by atomic mass is 28.4. The fraction of sp³-hybridized carbons (Fsp3) is 0.370. The molecule has 32 heavy (non-hydrogen) atoms. The Balaban J connectivity index is 2.03. The molecule has 0 aromatic heterocycles. The summed E-state index contributed by atoms with van der Waals surface area (Å²) in [5, 5.41) is 2.31. The molecule has 0 bridgehead atoms. The van der Waals surface area contributed by atoms with Crippen molar-refractivity contribution in [3.63, 3.8) is 0 Å². The zero-order valence-corrected chi connectivity index (χ0v) is 20.4. The maximum absolute atomic E-state index is 11.7. The van der Waals surface area contributed by atoms with Gasteiger partial charge in [-0.1, -0.05) is 81.4 Å². The summed E-state index contributed by atoms with van der Waals surface area (Å²) in [4.78, 5) is 11.7. The number of terminal acetylenes is 1. The molecular weight excluding hydrogens is 416 g/mol. The molecule has 1 fully saturated rings. The average molecular weight is 449 g/mol. The molecule has 168 valence electrons. The molecule has 1 aliphatic rings. The van der Waals surface area contributed by atoms with Gasteiger partial charge in [0.15, 0.2) is 0 Å². The van der Waals surface area contributed by atoms with Crippen molar-refractivity contribution < 1.29 is 18.7 Å². The van der Waals surface area contributed by atoms with Crippen LogP contribution in [0.4, 0.5) is 0 Å². The average Bonchev–Trinajstić information content (AvgIpc) is 3.17. The molecule has 0 aliphatic carbocycles. The molecule has 3 rings (SSSR count). The molecule has 2 aromatic carbocycles. The van der Waals surface area contributed by atoms with E-state index in [0.29, 0.717) is 31.8 Å². The molecule has 0 spiro atoms. The number of hydrogen-bond donors (Lipinski definition) is 0. The minimum atomic E-state index is -2.69. The summed E-state index contributed by atoms with van der Waals surface area (Å²) < 4.78 is 17.7. The van der Waals surface area contributed by atoms with Gasteiger partial charge in [-0.3, -0.25) is 0 Å². The predicted octanol–water partition coefficient (Wildman–Crippen LogP) is 4.05. The molecule has 2 aromatic rings. The van der Waals surface area contributed by atoms with E-state index in [0.717, 1.165) is 0 Å². The van der Waals surface area contributed by atoms with Crippen molar-refractivity contribution in [1.29, 1.82) is 0 Å². The Morgan fingerprint density at radius 2 is 1.69 bits per heavy atom. The Bertz CT molecular complexity index is 946. The first-order chi connectivity index (χ1) is 15.3. The van der Waals surface area contributed by atoms with Gasteiger partial charge in [0, 0.05) is 24.9 Å². The molecule has 1 atom stereocenters. The number of esters is 1. The van der Waals surface area contributed by atoms with Crippen molar-refractivity contribution in [3.05, 3.63) is 72.5 Å². The maximum Gasteiger partial charge on any atom is 0.333 e. The summed E-state index contributed by atoms with van der Waals surface area (Å²) in [6.45, 7) is 7.61. The molecule has 4 nitrogen and oxygen atoms in total. The molecule has 0 saturated carbocycles. The van der Waals surface area contributed by atoms with Gasteiger partial charge in [-0.05, 0) is 15.4 Å². The van der Waals surface area contributed by atoms with Gasteiger partial charge in [0.1, 0.15) is 5.76 Å². The molecule has 1 unspecified atom stereocenters. The van der Waals surface area contributed by atoms with Crippen molar-refractivity contribution in [3.8, 4) is 12.3 Å². The summed E-state index contributed by atoms with van der Waals surface area (Å²) >= 11 is 0. The quantitative estimate of drug-likeness (QED) is 0.277. The smallest absolute Gasteiger partial charge is 0.333 e. The Morgan fingerprint density at radius 1 is 1.12 bits per heavy atom.